The number of rotatable bonds is 8. The summed E-state index contributed by atoms with van der Waals surface area (Å²) in [7, 11) is 1.35. The van der Waals surface area contributed by atoms with E-state index in [1.165, 1.54) is 7.11 Å². The van der Waals surface area contributed by atoms with Crippen LogP contribution in [0.5, 0.6) is 0 Å². The van der Waals surface area contributed by atoms with Crippen molar-refractivity contribution in [2.75, 3.05) is 13.7 Å². The van der Waals surface area contributed by atoms with Crippen LogP contribution in [0.15, 0.2) is 0 Å². The van der Waals surface area contributed by atoms with Crippen molar-refractivity contribution in [3.63, 3.8) is 0 Å². The number of methoxy groups -OCH3 is 1. The molecule has 0 spiro atoms. The molecule has 1 heterocycles. The van der Waals surface area contributed by atoms with Crippen LogP contribution < -0.4 is 5.32 Å². The topological polar surface area (TPSA) is 64.6 Å². The highest BCUT2D eigenvalue weighted by Crippen LogP contribution is 2.13. The molecule has 5 nitrogen and oxygen atoms in total. The number of carbonyl (C=O) groups excluding carboxylic acids is 2. The Morgan fingerprint density at radius 1 is 1.37 bits per heavy atom. The summed E-state index contributed by atoms with van der Waals surface area (Å²) in [5.41, 5.74) is 0. The van der Waals surface area contributed by atoms with Crippen LogP contribution >= 0.6 is 0 Å². The van der Waals surface area contributed by atoms with Gasteiger partial charge in [0, 0.05) is 6.61 Å². The monoisotopic (exact) mass is 271 g/mol. The molecule has 0 aliphatic carbocycles. The summed E-state index contributed by atoms with van der Waals surface area (Å²) in [6.45, 7) is 2.76. The van der Waals surface area contributed by atoms with Gasteiger partial charge in [-0.1, -0.05) is 32.6 Å². The van der Waals surface area contributed by atoms with Crippen molar-refractivity contribution in [2.45, 2.75) is 64.0 Å². The molecule has 0 aromatic carbocycles. The van der Waals surface area contributed by atoms with Gasteiger partial charge in [-0.15, -0.1) is 0 Å². The number of hydrogen-bond acceptors (Lipinski definition) is 4. The fraction of sp³-hybridized carbons (Fsp3) is 0.857. The predicted octanol–water partition coefficient (Wildman–Crippen LogP) is 1.79. The molecule has 0 unspecified atom stereocenters. The zero-order valence-corrected chi connectivity index (χ0v) is 11.9. The summed E-state index contributed by atoms with van der Waals surface area (Å²) in [5, 5.41) is 2.75. The van der Waals surface area contributed by atoms with Crippen molar-refractivity contribution in [1.29, 1.82) is 0 Å². The summed E-state index contributed by atoms with van der Waals surface area (Å²) in [6.07, 6.45) is 6.14. The smallest absolute Gasteiger partial charge is 0.328 e. The Morgan fingerprint density at radius 3 is 2.74 bits per heavy atom. The first kappa shape index (κ1) is 16.0. The van der Waals surface area contributed by atoms with Crippen molar-refractivity contribution in [3.05, 3.63) is 0 Å². The molecule has 5 heteroatoms. The van der Waals surface area contributed by atoms with Crippen LogP contribution in [0, 0.1) is 0 Å². The number of esters is 1. The van der Waals surface area contributed by atoms with Gasteiger partial charge in [0.25, 0.3) is 0 Å². The molecule has 1 aliphatic heterocycles. The van der Waals surface area contributed by atoms with Gasteiger partial charge in [0.15, 0.2) is 0 Å². The van der Waals surface area contributed by atoms with E-state index in [0.29, 0.717) is 13.0 Å². The quantitative estimate of drug-likeness (QED) is 0.540. The van der Waals surface area contributed by atoms with Crippen LogP contribution in [0.25, 0.3) is 0 Å². The molecule has 1 rings (SSSR count). The Hall–Kier alpha value is -1.10. The van der Waals surface area contributed by atoms with E-state index in [-0.39, 0.29) is 11.9 Å². The average molecular weight is 271 g/mol. The second-order valence-corrected chi connectivity index (χ2v) is 4.94. The third kappa shape index (κ3) is 5.59. The summed E-state index contributed by atoms with van der Waals surface area (Å²) in [6, 6.07) is -0.543. The molecular weight excluding hydrogens is 246 g/mol. The lowest BCUT2D eigenvalue weighted by molar-refractivity contribution is -0.146. The molecule has 1 N–H and O–H groups in total. The van der Waals surface area contributed by atoms with Gasteiger partial charge >= 0.3 is 5.97 Å². The minimum atomic E-state index is -0.543. The van der Waals surface area contributed by atoms with Crippen LogP contribution in [0.3, 0.4) is 0 Å². The molecular formula is C14H25NO4. The first-order valence-electron chi connectivity index (χ1n) is 7.18. The standard InChI is InChI=1S/C14H25NO4/c1-3-4-5-6-8-11(14(17)18-2)15-13(16)12-9-7-10-19-12/h11-12H,3-10H2,1-2H3,(H,15,16)/t11-,12-/m0/s1. The lowest BCUT2D eigenvalue weighted by Gasteiger charge is -2.18. The maximum Gasteiger partial charge on any atom is 0.328 e. The lowest BCUT2D eigenvalue weighted by Crippen LogP contribution is -2.45. The number of ether oxygens (including phenoxy) is 2. The second kappa shape index (κ2) is 8.91. The van der Waals surface area contributed by atoms with Crippen LogP contribution in [0.2, 0.25) is 0 Å². The van der Waals surface area contributed by atoms with E-state index in [4.69, 9.17) is 9.47 Å². The normalized spacial score (nSPS) is 20.0. The van der Waals surface area contributed by atoms with E-state index >= 15 is 0 Å². The van der Waals surface area contributed by atoms with Crippen molar-refractivity contribution in [2.24, 2.45) is 0 Å². The average Bonchev–Trinajstić information content (AvgIpc) is 2.95. The summed E-state index contributed by atoms with van der Waals surface area (Å²) < 4.78 is 10.0. The van der Waals surface area contributed by atoms with Gasteiger partial charge in [-0.2, -0.15) is 0 Å². The van der Waals surface area contributed by atoms with E-state index in [1.54, 1.807) is 0 Å². The molecule has 19 heavy (non-hydrogen) atoms. The molecule has 1 saturated heterocycles. The summed E-state index contributed by atoms with van der Waals surface area (Å²) in [4.78, 5) is 23.6. The fourth-order valence-electron chi connectivity index (χ4n) is 2.22. The minimum absolute atomic E-state index is 0.191. The third-order valence-corrected chi connectivity index (χ3v) is 3.37. The van der Waals surface area contributed by atoms with Crippen LogP contribution in [0.4, 0.5) is 0 Å². The molecule has 0 saturated carbocycles. The van der Waals surface area contributed by atoms with E-state index in [9.17, 15) is 9.59 Å². The number of carbonyl (C=O) groups is 2. The second-order valence-electron chi connectivity index (χ2n) is 4.94. The predicted molar refractivity (Wildman–Crippen MR) is 71.7 cm³/mol. The summed E-state index contributed by atoms with van der Waals surface area (Å²) in [5.74, 6) is -0.564. The minimum Gasteiger partial charge on any atom is -0.467 e. The molecule has 0 radical (unpaired) electrons. The first-order chi connectivity index (χ1) is 9.19. The Kier molecular flexibility index (Phi) is 7.48. The lowest BCUT2D eigenvalue weighted by atomic mass is 10.1. The van der Waals surface area contributed by atoms with Crippen LogP contribution in [0.1, 0.15) is 51.9 Å². The van der Waals surface area contributed by atoms with Crippen molar-refractivity contribution < 1.29 is 19.1 Å². The fourth-order valence-corrected chi connectivity index (χ4v) is 2.22. The highest BCUT2D eigenvalue weighted by atomic mass is 16.5. The largest absolute Gasteiger partial charge is 0.467 e. The van der Waals surface area contributed by atoms with Crippen molar-refractivity contribution >= 4 is 11.9 Å². The molecule has 1 amide bonds. The van der Waals surface area contributed by atoms with Gasteiger partial charge in [0.05, 0.1) is 7.11 Å². The maximum atomic E-state index is 11.9. The van der Waals surface area contributed by atoms with Crippen molar-refractivity contribution in [3.8, 4) is 0 Å². The highest BCUT2D eigenvalue weighted by Gasteiger charge is 2.28. The number of hydrogen-bond donors (Lipinski definition) is 1. The SMILES string of the molecule is CCCCCC[C@H](NC(=O)[C@@H]1CCCO1)C(=O)OC. The van der Waals surface area contributed by atoms with Gasteiger partial charge in [0.1, 0.15) is 12.1 Å². The zero-order chi connectivity index (χ0) is 14.1. The third-order valence-electron chi connectivity index (χ3n) is 3.37. The van der Waals surface area contributed by atoms with E-state index in [2.05, 4.69) is 12.2 Å². The number of amides is 1. The van der Waals surface area contributed by atoms with Crippen LogP contribution in [-0.2, 0) is 19.1 Å². The Morgan fingerprint density at radius 2 is 2.16 bits per heavy atom. The molecule has 1 aliphatic rings. The maximum absolute atomic E-state index is 11.9. The molecule has 0 aromatic heterocycles. The Bertz CT molecular complexity index is 287. The van der Waals surface area contributed by atoms with Gasteiger partial charge in [-0.3, -0.25) is 4.79 Å². The molecule has 1 fully saturated rings. The summed E-state index contributed by atoms with van der Waals surface area (Å²) >= 11 is 0. The molecule has 0 bridgehead atoms. The zero-order valence-electron chi connectivity index (χ0n) is 11.9. The van der Waals surface area contributed by atoms with E-state index in [1.807, 2.05) is 0 Å². The molecule has 0 aromatic rings. The molecule has 2 atom stereocenters. The van der Waals surface area contributed by atoms with E-state index in [0.717, 1.165) is 38.5 Å². The number of unbranched alkanes of at least 4 members (excludes halogenated alkanes) is 3. The van der Waals surface area contributed by atoms with Gasteiger partial charge < -0.3 is 14.8 Å². The highest BCUT2D eigenvalue weighted by molar-refractivity contribution is 5.87. The first-order valence-corrected chi connectivity index (χ1v) is 7.18. The van der Waals surface area contributed by atoms with Crippen molar-refractivity contribution in [1.82, 2.24) is 5.32 Å². The molecule has 110 valence electrons. The van der Waals surface area contributed by atoms with Crippen LogP contribution in [-0.4, -0.2) is 37.7 Å². The number of nitrogens with one attached hydrogen (secondary N) is 1. The van der Waals surface area contributed by atoms with Gasteiger partial charge in [0.2, 0.25) is 5.91 Å². The van der Waals surface area contributed by atoms with Gasteiger partial charge in [-0.05, 0) is 19.3 Å². The Labute approximate surface area is 115 Å². The Balaban J connectivity index is 2.39. The van der Waals surface area contributed by atoms with Gasteiger partial charge in [-0.25, -0.2) is 4.79 Å². The van der Waals surface area contributed by atoms with E-state index < -0.39 is 12.1 Å².